The number of benzene rings is 3. The van der Waals surface area contributed by atoms with Gasteiger partial charge in [0.25, 0.3) is 0 Å². The van der Waals surface area contributed by atoms with Crippen LogP contribution < -0.4 is 14.8 Å². The molecule has 1 aliphatic heterocycles. The normalized spacial score (nSPS) is 15.7. The Morgan fingerprint density at radius 2 is 1.83 bits per heavy atom. The highest BCUT2D eigenvalue weighted by atomic mass is 16.7. The van der Waals surface area contributed by atoms with Gasteiger partial charge in [-0.1, -0.05) is 42.5 Å². The van der Waals surface area contributed by atoms with Crippen LogP contribution in [0.25, 0.3) is 11.1 Å². The largest absolute Gasteiger partial charge is 0.454 e. The predicted octanol–water partition coefficient (Wildman–Crippen LogP) is 4.80. The van der Waals surface area contributed by atoms with E-state index in [-0.39, 0.29) is 20.7 Å². The zero-order valence-electron chi connectivity index (χ0n) is 16.8. The Balaban J connectivity index is 0.00000231. The van der Waals surface area contributed by atoms with Gasteiger partial charge < -0.3 is 19.9 Å². The molecule has 0 atom stereocenters. The summed E-state index contributed by atoms with van der Waals surface area (Å²) in [5.74, 6) is 1.44. The second-order valence-corrected chi connectivity index (χ2v) is 7.94. The van der Waals surface area contributed by atoms with Gasteiger partial charge >= 0.3 is 0 Å². The van der Waals surface area contributed by atoms with E-state index >= 15 is 0 Å². The molecular formula is C25H25NO4. The number of hydrogen-bond donors (Lipinski definition) is 2. The van der Waals surface area contributed by atoms with Crippen LogP contribution in [0.1, 0.15) is 31.0 Å². The average molecular weight is 403 g/mol. The molecule has 30 heavy (non-hydrogen) atoms. The number of ether oxygens (including phenoxy) is 2. The first-order chi connectivity index (χ1) is 14.6. The van der Waals surface area contributed by atoms with Crippen molar-refractivity contribution in [3.8, 4) is 22.6 Å². The summed E-state index contributed by atoms with van der Waals surface area (Å²) in [7, 11) is 0. The van der Waals surface area contributed by atoms with Crippen LogP contribution in [0.2, 0.25) is 0 Å². The molecule has 0 saturated heterocycles. The first-order valence-corrected chi connectivity index (χ1v) is 10.1. The van der Waals surface area contributed by atoms with Gasteiger partial charge in [-0.2, -0.15) is 0 Å². The van der Waals surface area contributed by atoms with Gasteiger partial charge in [-0.15, -0.1) is 0 Å². The van der Waals surface area contributed by atoms with Crippen molar-refractivity contribution in [1.82, 2.24) is 0 Å². The maximum Gasteiger partial charge on any atom is 0.235 e. The summed E-state index contributed by atoms with van der Waals surface area (Å²) < 4.78 is 10.9. The van der Waals surface area contributed by atoms with Crippen molar-refractivity contribution in [2.75, 3.05) is 12.1 Å². The lowest BCUT2D eigenvalue weighted by Gasteiger charge is -2.18. The number of hydrogen-bond acceptors (Lipinski definition) is 4. The summed E-state index contributed by atoms with van der Waals surface area (Å²) in [5, 5.41) is 12.4. The fraction of sp³-hybridized carbons (Fsp3) is 0.240. The van der Waals surface area contributed by atoms with E-state index in [9.17, 15) is 9.90 Å². The fourth-order valence-corrected chi connectivity index (χ4v) is 4.08. The molecule has 5 nitrogen and oxygen atoms in total. The van der Waals surface area contributed by atoms with Gasteiger partial charge in [0.15, 0.2) is 11.5 Å². The standard InChI is InChI=1S/C25H23NO4.H2/c1-16-20(18-7-5-17(14-27)6-8-18)3-2-4-21(16)26-24(28)25(11-12-25)19-9-10-22-23(13-19)30-15-29-22;/h2-10,13,27H,11-12,14-15H2,1H3,(H,26,28);1H. The van der Waals surface area contributed by atoms with Crippen molar-refractivity contribution in [3.63, 3.8) is 0 Å². The number of anilines is 1. The molecule has 1 aliphatic carbocycles. The number of rotatable bonds is 5. The highest BCUT2D eigenvalue weighted by Gasteiger charge is 2.51. The third-order valence-electron chi connectivity index (χ3n) is 6.14. The lowest BCUT2D eigenvalue weighted by Crippen LogP contribution is -2.28. The molecular weight excluding hydrogens is 378 g/mol. The van der Waals surface area contributed by atoms with E-state index in [1.54, 1.807) is 0 Å². The fourth-order valence-electron chi connectivity index (χ4n) is 4.08. The highest BCUT2D eigenvalue weighted by Crippen LogP contribution is 2.51. The van der Waals surface area contributed by atoms with Crippen LogP contribution >= 0.6 is 0 Å². The summed E-state index contributed by atoms with van der Waals surface area (Å²) in [6.45, 7) is 2.27. The van der Waals surface area contributed by atoms with Crippen LogP contribution in [0.5, 0.6) is 11.5 Å². The van der Waals surface area contributed by atoms with Crippen LogP contribution in [0.15, 0.2) is 60.7 Å². The maximum absolute atomic E-state index is 13.3. The highest BCUT2D eigenvalue weighted by molar-refractivity contribution is 6.02. The molecule has 0 unspecified atom stereocenters. The molecule has 2 N–H and O–H groups in total. The summed E-state index contributed by atoms with van der Waals surface area (Å²) >= 11 is 0. The topological polar surface area (TPSA) is 67.8 Å². The van der Waals surface area contributed by atoms with Crippen molar-refractivity contribution in [2.45, 2.75) is 31.8 Å². The monoisotopic (exact) mass is 403 g/mol. The summed E-state index contributed by atoms with van der Waals surface area (Å²) in [5.41, 5.74) is 5.28. The van der Waals surface area contributed by atoms with E-state index in [2.05, 4.69) is 5.32 Å². The van der Waals surface area contributed by atoms with E-state index in [1.165, 1.54) is 0 Å². The van der Waals surface area contributed by atoms with Gasteiger partial charge in [0, 0.05) is 7.11 Å². The van der Waals surface area contributed by atoms with Gasteiger partial charge in [0.1, 0.15) is 0 Å². The molecule has 0 aromatic heterocycles. The minimum absolute atomic E-state index is 0. The Labute approximate surface area is 176 Å². The Morgan fingerprint density at radius 3 is 2.57 bits per heavy atom. The average Bonchev–Trinajstić information content (AvgIpc) is 3.46. The third-order valence-corrected chi connectivity index (χ3v) is 6.14. The molecule has 5 heteroatoms. The number of nitrogens with one attached hydrogen (secondary N) is 1. The van der Waals surface area contributed by atoms with Crippen LogP contribution in [-0.2, 0) is 16.8 Å². The zero-order valence-corrected chi connectivity index (χ0v) is 16.8. The second-order valence-electron chi connectivity index (χ2n) is 7.94. The maximum atomic E-state index is 13.3. The van der Waals surface area contributed by atoms with Crippen molar-refractivity contribution >= 4 is 11.6 Å². The van der Waals surface area contributed by atoms with Crippen LogP contribution in [0, 0.1) is 6.92 Å². The first-order valence-electron chi connectivity index (χ1n) is 10.1. The van der Waals surface area contributed by atoms with Crippen molar-refractivity contribution in [2.24, 2.45) is 0 Å². The Bertz CT molecular complexity index is 1120. The van der Waals surface area contributed by atoms with Crippen LogP contribution in [0.3, 0.4) is 0 Å². The third kappa shape index (κ3) is 3.12. The zero-order chi connectivity index (χ0) is 20.7. The van der Waals surface area contributed by atoms with E-state index in [1.807, 2.05) is 67.6 Å². The summed E-state index contributed by atoms with van der Waals surface area (Å²) in [6.07, 6.45) is 1.64. The Kier molecular flexibility index (Phi) is 4.48. The first kappa shape index (κ1) is 18.7. The van der Waals surface area contributed by atoms with E-state index in [0.717, 1.165) is 52.1 Å². The van der Waals surface area contributed by atoms with Crippen LogP contribution in [0.4, 0.5) is 5.69 Å². The molecule has 3 aromatic carbocycles. The summed E-state index contributed by atoms with van der Waals surface area (Å²) in [4.78, 5) is 13.3. The quantitative estimate of drug-likeness (QED) is 0.642. The second kappa shape index (κ2) is 7.18. The van der Waals surface area contributed by atoms with E-state index in [0.29, 0.717) is 5.75 Å². The molecule has 1 fully saturated rings. The number of carbonyl (C=O) groups is 1. The van der Waals surface area contributed by atoms with Gasteiger partial charge in [-0.3, -0.25) is 4.79 Å². The lowest BCUT2D eigenvalue weighted by atomic mass is 9.93. The van der Waals surface area contributed by atoms with Crippen molar-refractivity contribution in [1.29, 1.82) is 0 Å². The minimum atomic E-state index is -0.508. The minimum Gasteiger partial charge on any atom is -0.454 e. The molecule has 0 bridgehead atoms. The predicted molar refractivity (Wildman–Crippen MR) is 117 cm³/mol. The lowest BCUT2D eigenvalue weighted by molar-refractivity contribution is -0.118. The number of aliphatic hydroxyl groups excluding tert-OH is 1. The van der Waals surface area contributed by atoms with Crippen molar-refractivity contribution < 1.29 is 20.8 Å². The summed E-state index contributed by atoms with van der Waals surface area (Å²) in [6, 6.07) is 19.5. The number of aliphatic hydroxyl groups is 1. The van der Waals surface area contributed by atoms with Gasteiger partial charge in [0.05, 0.1) is 12.0 Å². The van der Waals surface area contributed by atoms with Gasteiger partial charge in [-0.25, -0.2) is 0 Å². The molecule has 1 amide bonds. The van der Waals surface area contributed by atoms with Gasteiger partial charge in [-0.05, 0) is 65.8 Å². The molecule has 154 valence electrons. The molecule has 5 rings (SSSR count). The molecule has 1 heterocycles. The van der Waals surface area contributed by atoms with Crippen molar-refractivity contribution in [3.05, 3.63) is 77.4 Å². The van der Waals surface area contributed by atoms with E-state index in [4.69, 9.17) is 9.47 Å². The molecule has 3 aromatic rings. The van der Waals surface area contributed by atoms with E-state index < -0.39 is 5.41 Å². The molecule has 0 radical (unpaired) electrons. The molecule has 0 spiro atoms. The van der Waals surface area contributed by atoms with Crippen LogP contribution in [-0.4, -0.2) is 17.8 Å². The molecule has 2 aliphatic rings. The van der Waals surface area contributed by atoms with Gasteiger partial charge in [0.2, 0.25) is 12.7 Å². The number of fused-ring (bicyclic) bond motifs is 1. The smallest absolute Gasteiger partial charge is 0.235 e. The molecule has 1 saturated carbocycles. The Morgan fingerprint density at radius 1 is 1.07 bits per heavy atom. The number of amides is 1. The SMILES string of the molecule is Cc1c(NC(=O)C2(c3ccc4c(c3)OCO4)CC2)cccc1-c1ccc(CO)cc1.[HH]. The Hall–Kier alpha value is -3.31. The number of carbonyl (C=O) groups excluding carboxylic acids is 1.